The zero-order valence-electron chi connectivity index (χ0n) is 14.1. The van der Waals surface area contributed by atoms with Crippen LogP contribution in [0.4, 0.5) is 18.9 Å². The quantitative estimate of drug-likeness (QED) is 0.324. The molecule has 0 fully saturated rings. The fraction of sp³-hybridized carbons (Fsp3) is 0. The lowest BCUT2D eigenvalue weighted by atomic mass is 10.0. The van der Waals surface area contributed by atoms with Crippen LogP contribution in [-0.4, -0.2) is 30.9 Å². The van der Waals surface area contributed by atoms with Crippen molar-refractivity contribution in [3.63, 3.8) is 0 Å². The Bertz CT molecular complexity index is 1450. The number of fused-ring (bicyclic) bond motifs is 1. The number of hydrogen-bond donors (Lipinski definition) is 2. The van der Waals surface area contributed by atoms with Crippen LogP contribution in [0.2, 0.25) is 0 Å². The molecule has 0 unspecified atom stereocenters. The summed E-state index contributed by atoms with van der Waals surface area (Å²) in [5, 5.41) is 2.28. The van der Waals surface area contributed by atoms with Gasteiger partial charge in [-0.3, -0.25) is 9.11 Å². The largest absolute Gasteiger partial charge is 0.295 e. The summed E-state index contributed by atoms with van der Waals surface area (Å²) in [7, 11) is -10.0. The number of hydrogen-bond acceptors (Lipinski definition) is 7. The van der Waals surface area contributed by atoms with Crippen molar-refractivity contribution in [3.05, 3.63) is 47.9 Å². The Hall–Kier alpha value is -2.65. The Balaban J connectivity index is 2.58. The van der Waals surface area contributed by atoms with Gasteiger partial charge in [-0.05, 0) is 6.07 Å². The second-order valence-electron chi connectivity index (χ2n) is 5.65. The van der Waals surface area contributed by atoms with Gasteiger partial charge in [-0.25, -0.2) is 9.37 Å². The molecule has 0 saturated heterocycles. The number of halogens is 4. The van der Waals surface area contributed by atoms with Crippen LogP contribution >= 0.6 is 11.8 Å². The van der Waals surface area contributed by atoms with Crippen molar-refractivity contribution in [3.8, 4) is 11.3 Å². The van der Waals surface area contributed by atoms with Crippen LogP contribution in [0.25, 0.3) is 22.0 Å². The van der Waals surface area contributed by atoms with E-state index in [0.29, 0.717) is 0 Å². The van der Waals surface area contributed by atoms with Gasteiger partial charge in [-0.2, -0.15) is 25.6 Å². The lowest BCUT2D eigenvalue weighted by Crippen LogP contribution is -2.07. The van der Waals surface area contributed by atoms with Crippen LogP contribution in [0.3, 0.4) is 0 Å². The van der Waals surface area contributed by atoms with E-state index in [1.807, 2.05) is 0 Å². The van der Waals surface area contributed by atoms with Crippen LogP contribution in [0.5, 0.6) is 0 Å². The number of aromatic nitrogens is 1. The van der Waals surface area contributed by atoms with Gasteiger partial charge < -0.3 is 0 Å². The molecular weight excluding hydrogens is 475 g/mol. The molecule has 1 heterocycles. The molecule has 0 saturated carbocycles. The van der Waals surface area contributed by atoms with E-state index in [0.717, 1.165) is 30.3 Å². The highest BCUT2D eigenvalue weighted by molar-refractivity contribution is 7.86. The molecular formula is C15H7ClF3N3O6S2. The Morgan fingerprint density at radius 2 is 1.57 bits per heavy atom. The summed E-state index contributed by atoms with van der Waals surface area (Å²) in [4.78, 5) is 1.40. The molecule has 158 valence electrons. The van der Waals surface area contributed by atoms with Crippen LogP contribution in [0, 0.1) is 17.6 Å². The highest BCUT2D eigenvalue weighted by atomic mass is 35.5. The van der Waals surface area contributed by atoms with Crippen molar-refractivity contribution in [2.75, 3.05) is 0 Å². The van der Waals surface area contributed by atoms with E-state index >= 15 is 0 Å². The number of benzene rings is 2. The highest BCUT2D eigenvalue weighted by Gasteiger charge is 2.29. The van der Waals surface area contributed by atoms with Crippen molar-refractivity contribution in [2.45, 2.75) is 9.79 Å². The average molecular weight is 482 g/mol. The Labute approximate surface area is 171 Å². The molecule has 9 nitrogen and oxygen atoms in total. The average Bonchev–Trinajstić information content (AvgIpc) is 2.65. The normalized spacial score (nSPS) is 12.7. The molecule has 3 aromatic rings. The summed E-state index contributed by atoms with van der Waals surface area (Å²) >= 11 is 5.04. The second kappa shape index (κ2) is 7.55. The van der Waals surface area contributed by atoms with Crippen molar-refractivity contribution in [1.82, 2.24) is 4.98 Å². The first kappa shape index (κ1) is 22.0. The second-order valence-corrected chi connectivity index (χ2v) is 8.55. The molecule has 30 heavy (non-hydrogen) atoms. The van der Waals surface area contributed by atoms with Crippen LogP contribution in [0.15, 0.2) is 49.9 Å². The first-order valence-corrected chi connectivity index (χ1v) is 10.7. The molecule has 0 amide bonds. The van der Waals surface area contributed by atoms with E-state index in [2.05, 4.69) is 14.7 Å². The fourth-order valence-electron chi connectivity index (χ4n) is 2.81. The van der Waals surface area contributed by atoms with Gasteiger partial charge in [0.05, 0.1) is 11.8 Å². The smallest absolute Gasteiger partial charge is 0.282 e. The van der Waals surface area contributed by atoms with Crippen molar-refractivity contribution in [2.24, 2.45) is 9.75 Å². The van der Waals surface area contributed by atoms with Crippen LogP contribution in [-0.2, 0) is 20.2 Å². The third kappa shape index (κ3) is 3.75. The lowest BCUT2D eigenvalue weighted by molar-refractivity contribution is 0.429. The minimum atomic E-state index is -5.20. The zero-order valence-corrected chi connectivity index (χ0v) is 16.5. The predicted octanol–water partition coefficient (Wildman–Crippen LogP) is 4.05. The minimum Gasteiger partial charge on any atom is -0.282 e. The Morgan fingerprint density at radius 3 is 2.13 bits per heavy atom. The van der Waals surface area contributed by atoms with E-state index in [4.69, 9.17) is 11.8 Å². The fourth-order valence-corrected chi connectivity index (χ4v) is 4.49. The summed E-state index contributed by atoms with van der Waals surface area (Å²) in [5.41, 5.74) is -2.66. The molecule has 0 aliphatic carbocycles. The van der Waals surface area contributed by atoms with Gasteiger partial charge in [0, 0.05) is 16.3 Å². The monoisotopic (exact) mass is 481 g/mol. The first-order valence-electron chi connectivity index (χ1n) is 7.45. The molecule has 3 rings (SSSR count). The van der Waals surface area contributed by atoms with E-state index in [-0.39, 0.29) is 5.39 Å². The van der Waals surface area contributed by atoms with Gasteiger partial charge in [0.2, 0.25) is 5.82 Å². The Morgan fingerprint density at radius 1 is 0.900 bits per heavy atom. The maximum absolute atomic E-state index is 14.2. The number of rotatable bonds is 4. The number of pyridine rings is 1. The molecule has 2 aromatic carbocycles. The van der Waals surface area contributed by atoms with Crippen LogP contribution < -0.4 is 0 Å². The summed E-state index contributed by atoms with van der Waals surface area (Å²) in [6.07, 6.45) is 0. The van der Waals surface area contributed by atoms with E-state index in [1.165, 1.54) is 0 Å². The van der Waals surface area contributed by atoms with Gasteiger partial charge in [0.25, 0.3) is 26.2 Å². The molecule has 0 atom stereocenters. The minimum absolute atomic E-state index is 0.347. The molecule has 0 aliphatic rings. The standard InChI is InChI=1S/C15H7ClF3N3O6S2/c16-22-21-13-10(17)11(18)15(19)20-12(13)8-5-4-6-7(14(8)30(26,27)28)2-1-3-9(6)29(23,24)25/h1-5H,(H,23,24,25)(H,26,27,28). The molecule has 0 spiro atoms. The van der Waals surface area contributed by atoms with Gasteiger partial charge in [-0.1, -0.05) is 28.9 Å². The number of nitrogens with zero attached hydrogens (tertiary/aromatic N) is 3. The summed E-state index contributed by atoms with van der Waals surface area (Å²) in [5.74, 6) is -5.89. The van der Waals surface area contributed by atoms with E-state index < -0.39 is 69.9 Å². The van der Waals surface area contributed by atoms with Gasteiger partial charge >= 0.3 is 0 Å². The molecule has 1 aromatic heterocycles. The topological polar surface area (TPSA) is 146 Å². The maximum Gasteiger partial charge on any atom is 0.295 e. The molecule has 0 radical (unpaired) electrons. The molecule has 0 aliphatic heterocycles. The summed E-state index contributed by atoms with van der Waals surface area (Å²) in [6, 6.07) is 4.85. The summed E-state index contributed by atoms with van der Waals surface area (Å²) < 4.78 is 111. The van der Waals surface area contributed by atoms with Crippen molar-refractivity contribution < 1.29 is 39.1 Å². The first-order chi connectivity index (χ1) is 13.9. The van der Waals surface area contributed by atoms with Gasteiger partial charge in [-0.15, -0.1) is 5.11 Å². The highest BCUT2D eigenvalue weighted by Crippen LogP contribution is 2.40. The Kier molecular flexibility index (Phi) is 5.55. The van der Waals surface area contributed by atoms with E-state index in [9.17, 15) is 39.1 Å². The predicted molar refractivity (Wildman–Crippen MR) is 97.1 cm³/mol. The van der Waals surface area contributed by atoms with Gasteiger partial charge in [0.15, 0.2) is 11.5 Å². The SMILES string of the molecule is O=S(=O)(O)c1cccc2c(S(=O)(=O)O)c(-c3nc(F)c(F)c(F)c3N=NCl)ccc12. The molecule has 15 heteroatoms. The third-order valence-electron chi connectivity index (χ3n) is 3.92. The van der Waals surface area contributed by atoms with Crippen molar-refractivity contribution >= 4 is 48.5 Å². The summed E-state index contributed by atoms with van der Waals surface area (Å²) in [6.45, 7) is 0. The third-order valence-corrected chi connectivity index (χ3v) is 5.86. The van der Waals surface area contributed by atoms with Gasteiger partial charge in [0.1, 0.15) is 15.5 Å². The molecule has 2 N–H and O–H groups in total. The maximum atomic E-state index is 14.2. The van der Waals surface area contributed by atoms with Crippen LogP contribution in [0.1, 0.15) is 0 Å². The van der Waals surface area contributed by atoms with E-state index in [1.54, 1.807) is 0 Å². The zero-order chi connectivity index (χ0) is 22.4. The van der Waals surface area contributed by atoms with Crippen molar-refractivity contribution in [1.29, 1.82) is 0 Å². The molecule has 0 bridgehead atoms. The lowest BCUT2D eigenvalue weighted by Gasteiger charge is -2.14.